The first-order chi connectivity index (χ1) is 10.0. The highest BCUT2D eigenvalue weighted by Gasteiger charge is 2.26. The van der Waals surface area contributed by atoms with Gasteiger partial charge in [0.1, 0.15) is 0 Å². The Labute approximate surface area is 131 Å². The molecular weight excluding hydrogens is 288 g/mol. The van der Waals surface area contributed by atoms with Crippen molar-refractivity contribution in [2.45, 2.75) is 38.6 Å². The summed E-state index contributed by atoms with van der Waals surface area (Å²) in [6.07, 6.45) is 3.83. The molecule has 0 atom stereocenters. The number of nitrogens with zero attached hydrogens (tertiary/aromatic N) is 1. The lowest BCUT2D eigenvalue weighted by molar-refractivity contribution is 0.139. The number of rotatable bonds is 3. The first-order valence-electron chi connectivity index (χ1n) is 7.42. The van der Waals surface area contributed by atoms with Crippen LogP contribution in [0, 0.1) is 12.8 Å². The van der Waals surface area contributed by atoms with Crippen LogP contribution < -0.4 is 5.32 Å². The molecule has 0 aliphatic heterocycles. The van der Waals surface area contributed by atoms with E-state index in [1.807, 2.05) is 26.1 Å². The molecule has 0 radical (unpaired) electrons. The molecule has 0 bridgehead atoms. The number of hydrogen-bond acceptors (Lipinski definition) is 2. The summed E-state index contributed by atoms with van der Waals surface area (Å²) in [5.74, 6) is 0.393. The Morgan fingerprint density at radius 3 is 2.67 bits per heavy atom. The van der Waals surface area contributed by atoms with E-state index in [4.69, 9.17) is 16.7 Å². The van der Waals surface area contributed by atoms with E-state index in [2.05, 4.69) is 5.32 Å². The summed E-state index contributed by atoms with van der Waals surface area (Å²) in [5, 5.41) is 12.6. The van der Waals surface area contributed by atoms with Crippen molar-refractivity contribution in [3.05, 3.63) is 28.8 Å². The van der Waals surface area contributed by atoms with Crippen LogP contribution in [0.25, 0.3) is 0 Å². The topological polar surface area (TPSA) is 52.6 Å². The van der Waals surface area contributed by atoms with Crippen LogP contribution in [0.3, 0.4) is 0 Å². The van der Waals surface area contributed by atoms with Crippen molar-refractivity contribution in [2.24, 2.45) is 5.92 Å². The minimum atomic E-state index is -0.130. The van der Waals surface area contributed by atoms with Crippen LogP contribution in [-0.2, 0) is 0 Å². The second kappa shape index (κ2) is 7.14. The molecule has 2 N–H and O–H groups in total. The van der Waals surface area contributed by atoms with Crippen molar-refractivity contribution in [1.82, 2.24) is 4.90 Å². The number of aliphatic hydroxyl groups is 1. The van der Waals surface area contributed by atoms with E-state index in [0.29, 0.717) is 16.6 Å². The van der Waals surface area contributed by atoms with Gasteiger partial charge in [-0.2, -0.15) is 0 Å². The number of aliphatic hydroxyl groups excluding tert-OH is 1. The van der Waals surface area contributed by atoms with Crippen molar-refractivity contribution in [1.29, 1.82) is 0 Å². The Bertz CT molecular complexity index is 499. The van der Waals surface area contributed by atoms with Gasteiger partial charge in [0.2, 0.25) is 0 Å². The SMILES string of the molecule is Cc1ccc(Cl)c(NC(=O)N(C)C2CCC(CO)CC2)c1. The highest BCUT2D eigenvalue weighted by molar-refractivity contribution is 6.33. The number of carbonyl (C=O) groups is 1. The number of urea groups is 1. The molecule has 1 aromatic carbocycles. The Morgan fingerprint density at radius 1 is 1.38 bits per heavy atom. The molecule has 1 saturated carbocycles. The Morgan fingerprint density at radius 2 is 2.05 bits per heavy atom. The number of hydrogen-bond donors (Lipinski definition) is 2. The van der Waals surface area contributed by atoms with Gasteiger partial charge in [0.15, 0.2) is 0 Å². The van der Waals surface area contributed by atoms with Crippen LogP contribution in [0.15, 0.2) is 18.2 Å². The van der Waals surface area contributed by atoms with Crippen LogP contribution in [0.2, 0.25) is 5.02 Å². The number of amides is 2. The van der Waals surface area contributed by atoms with E-state index in [0.717, 1.165) is 31.2 Å². The maximum Gasteiger partial charge on any atom is 0.321 e. The lowest BCUT2D eigenvalue weighted by atomic mass is 9.86. The van der Waals surface area contributed by atoms with Gasteiger partial charge in [-0.05, 0) is 56.2 Å². The molecule has 0 saturated heterocycles. The van der Waals surface area contributed by atoms with E-state index < -0.39 is 0 Å². The quantitative estimate of drug-likeness (QED) is 0.895. The first kappa shape index (κ1) is 16.1. The molecular formula is C16H23ClN2O2. The van der Waals surface area contributed by atoms with E-state index in [9.17, 15) is 4.79 Å². The molecule has 1 aliphatic rings. The van der Waals surface area contributed by atoms with Crippen molar-refractivity contribution < 1.29 is 9.90 Å². The number of anilines is 1. The third kappa shape index (κ3) is 4.11. The second-order valence-electron chi connectivity index (χ2n) is 5.88. The van der Waals surface area contributed by atoms with Gasteiger partial charge in [-0.15, -0.1) is 0 Å². The molecule has 5 heteroatoms. The van der Waals surface area contributed by atoms with Crippen molar-refractivity contribution in [2.75, 3.05) is 19.0 Å². The van der Waals surface area contributed by atoms with Gasteiger partial charge < -0.3 is 15.3 Å². The normalized spacial score (nSPS) is 21.9. The summed E-state index contributed by atoms with van der Waals surface area (Å²) in [6.45, 7) is 2.22. The number of nitrogens with one attached hydrogen (secondary N) is 1. The smallest absolute Gasteiger partial charge is 0.321 e. The number of benzene rings is 1. The van der Waals surface area contributed by atoms with Gasteiger partial charge in [0, 0.05) is 19.7 Å². The van der Waals surface area contributed by atoms with E-state index >= 15 is 0 Å². The molecule has 116 valence electrons. The van der Waals surface area contributed by atoms with Crippen LogP contribution in [0.1, 0.15) is 31.2 Å². The monoisotopic (exact) mass is 310 g/mol. The van der Waals surface area contributed by atoms with Gasteiger partial charge >= 0.3 is 6.03 Å². The third-order valence-corrected chi connectivity index (χ3v) is 4.64. The van der Waals surface area contributed by atoms with Crippen LogP contribution in [0.4, 0.5) is 10.5 Å². The zero-order valence-electron chi connectivity index (χ0n) is 12.6. The predicted octanol–water partition coefficient (Wildman–Crippen LogP) is 3.66. The average Bonchev–Trinajstić information content (AvgIpc) is 2.50. The largest absolute Gasteiger partial charge is 0.396 e. The molecule has 0 spiro atoms. The van der Waals surface area contributed by atoms with E-state index in [1.165, 1.54) is 0 Å². The lowest BCUT2D eigenvalue weighted by Crippen LogP contribution is -2.42. The number of carbonyl (C=O) groups excluding carboxylic acids is 1. The molecule has 1 aromatic rings. The molecule has 4 nitrogen and oxygen atoms in total. The maximum absolute atomic E-state index is 12.3. The van der Waals surface area contributed by atoms with Crippen LogP contribution >= 0.6 is 11.6 Å². The summed E-state index contributed by atoms with van der Waals surface area (Å²) in [7, 11) is 1.82. The summed E-state index contributed by atoms with van der Waals surface area (Å²) in [5.41, 5.74) is 1.71. The third-order valence-electron chi connectivity index (χ3n) is 4.31. The fourth-order valence-electron chi connectivity index (χ4n) is 2.82. The zero-order chi connectivity index (χ0) is 15.4. The van der Waals surface area contributed by atoms with Crippen molar-refractivity contribution >= 4 is 23.3 Å². The molecule has 1 aliphatic carbocycles. The van der Waals surface area contributed by atoms with Crippen LogP contribution in [-0.4, -0.2) is 35.7 Å². The molecule has 2 amide bonds. The van der Waals surface area contributed by atoms with Gasteiger partial charge in [-0.25, -0.2) is 4.79 Å². The number of halogens is 1. The summed E-state index contributed by atoms with van der Waals surface area (Å²) in [4.78, 5) is 14.1. The maximum atomic E-state index is 12.3. The second-order valence-corrected chi connectivity index (χ2v) is 6.29. The zero-order valence-corrected chi connectivity index (χ0v) is 13.4. The van der Waals surface area contributed by atoms with Gasteiger partial charge in [0.25, 0.3) is 0 Å². The molecule has 0 aromatic heterocycles. The Balaban J connectivity index is 1.95. The molecule has 1 fully saturated rings. The van der Waals surface area contributed by atoms with Gasteiger partial charge in [-0.1, -0.05) is 17.7 Å². The minimum Gasteiger partial charge on any atom is -0.396 e. The molecule has 2 rings (SSSR count). The van der Waals surface area contributed by atoms with Gasteiger partial charge in [-0.3, -0.25) is 0 Å². The van der Waals surface area contributed by atoms with E-state index in [-0.39, 0.29) is 18.7 Å². The number of aryl methyl sites for hydroxylation is 1. The van der Waals surface area contributed by atoms with E-state index in [1.54, 1.807) is 11.0 Å². The van der Waals surface area contributed by atoms with Gasteiger partial charge in [0.05, 0.1) is 10.7 Å². The lowest BCUT2D eigenvalue weighted by Gasteiger charge is -2.34. The van der Waals surface area contributed by atoms with Crippen molar-refractivity contribution in [3.8, 4) is 0 Å². The Kier molecular flexibility index (Phi) is 5.48. The standard InChI is InChI=1S/C16H23ClN2O2/c1-11-3-8-14(17)15(9-11)18-16(21)19(2)13-6-4-12(10-20)5-7-13/h3,8-9,12-13,20H,4-7,10H2,1-2H3,(H,18,21). The summed E-state index contributed by atoms with van der Waals surface area (Å²) in [6, 6.07) is 5.68. The summed E-state index contributed by atoms with van der Waals surface area (Å²) < 4.78 is 0. The average molecular weight is 311 g/mol. The Hall–Kier alpha value is -1.26. The summed E-state index contributed by atoms with van der Waals surface area (Å²) >= 11 is 6.11. The molecule has 0 heterocycles. The predicted molar refractivity (Wildman–Crippen MR) is 85.8 cm³/mol. The fourth-order valence-corrected chi connectivity index (χ4v) is 2.98. The van der Waals surface area contributed by atoms with Crippen LogP contribution in [0.5, 0.6) is 0 Å². The highest BCUT2D eigenvalue weighted by atomic mass is 35.5. The molecule has 0 unspecified atom stereocenters. The minimum absolute atomic E-state index is 0.130. The van der Waals surface area contributed by atoms with Crippen molar-refractivity contribution in [3.63, 3.8) is 0 Å². The highest BCUT2D eigenvalue weighted by Crippen LogP contribution is 2.28. The molecule has 21 heavy (non-hydrogen) atoms. The fraction of sp³-hybridized carbons (Fsp3) is 0.562. The first-order valence-corrected chi connectivity index (χ1v) is 7.80.